The number of hydrogen-bond acceptors (Lipinski definition) is 9. The number of anilines is 2. The Hall–Kier alpha value is -2.50. The van der Waals surface area contributed by atoms with Crippen LogP contribution in [0.15, 0.2) is 12.3 Å². The van der Waals surface area contributed by atoms with E-state index in [1.165, 1.54) is 11.3 Å². The van der Waals surface area contributed by atoms with Gasteiger partial charge in [0.05, 0.1) is 27.6 Å². The van der Waals surface area contributed by atoms with Gasteiger partial charge in [-0.05, 0) is 64.4 Å². The normalized spacial score (nSPS) is 27.1. The van der Waals surface area contributed by atoms with Gasteiger partial charge in [-0.3, -0.25) is 4.98 Å². The number of alkyl halides is 2. The van der Waals surface area contributed by atoms with Gasteiger partial charge in [-0.25, -0.2) is 18.7 Å². The first-order valence-electron chi connectivity index (χ1n) is 12.6. The molecule has 8 nitrogen and oxygen atoms in total. The summed E-state index contributed by atoms with van der Waals surface area (Å²) in [7, 11) is 0. The molecule has 0 bridgehead atoms. The van der Waals surface area contributed by atoms with Gasteiger partial charge in [-0.2, -0.15) is 4.98 Å². The molecule has 11 heteroatoms. The molecule has 3 aliphatic rings. The molecule has 0 saturated heterocycles. The van der Waals surface area contributed by atoms with Gasteiger partial charge in [0, 0.05) is 18.2 Å². The zero-order chi connectivity index (χ0) is 25.2. The van der Waals surface area contributed by atoms with Gasteiger partial charge in [0.15, 0.2) is 5.72 Å². The Morgan fingerprint density at radius 1 is 1.14 bits per heavy atom. The van der Waals surface area contributed by atoms with E-state index in [0.717, 1.165) is 41.6 Å². The Morgan fingerprint density at radius 3 is 2.58 bits per heavy atom. The first kappa shape index (κ1) is 23.9. The number of aryl methyl sites for hydroxylation is 1. The number of aliphatic hydroxyl groups is 2. The fraction of sp³-hybridized carbons (Fsp3) is 0.600. The van der Waals surface area contributed by atoms with E-state index in [2.05, 4.69) is 32.5 Å². The van der Waals surface area contributed by atoms with E-state index in [-0.39, 0.29) is 24.7 Å². The molecule has 3 aromatic heterocycles. The first-order valence-corrected chi connectivity index (χ1v) is 13.4. The lowest BCUT2D eigenvalue weighted by Crippen LogP contribution is -2.48. The molecule has 0 unspecified atom stereocenters. The van der Waals surface area contributed by atoms with E-state index in [1.54, 1.807) is 6.20 Å². The minimum atomic E-state index is -2.73. The molecule has 0 amide bonds. The molecule has 3 aliphatic carbocycles. The van der Waals surface area contributed by atoms with Crippen LogP contribution in [0, 0.1) is 18.8 Å². The van der Waals surface area contributed by atoms with Crippen molar-refractivity contribution in [2.45, 2.75) is 82.6 Å². The molecule has 3 aromatic rings. The number of aromatic nitrogens is 4. The standard InChI is InChI=1S/C25H30F2N6O2S/c1-11(13-3-4-13)29-24-30-12(2)17(22(32-24)33-25(35)9-7-15(20(25)34)21(26)27)23-31-19-16(36-23)8-10-28-18(19)14-5-6-14/h8,10-11,13-15,20-21,34-35H,3-7,9H2,1-2H3,(H2,29,30,32,33)/t11-,15+,20-,25-/m1/s1. The summed E-state index contributed by atoms with van der Waals surface area (Å²) in [6, 6.07) is 2.11. The van der Waals surface area contributed by atoms with Gasteiger partial charge in [0.1, 0.15) is 22.4 Å². The molecular formula is C25H30F2N6O2S. The van der Waals surface area contributed by atoms with Crippen LogP contribution in [0.2, 0.25) is 0 Å². The third-order valence-electron chi connectivity index (χ3n) is 7.70. The summed E-state index contributed by atoms with van der Waals surface area (Å²) in [4.78, 5) is 18.8. The Labute approximate surface area is 211 Å². The Balaban J connectivity index is 1.42. The molecule has 0 radical (unpaired) electrons. The second-order valence-corrected chi connectivity index (χ2v) is 11.5. The predicted octanol–water partition coefficient (Wildman–Crippen LogP) is 4.68. The number of nitrogens with one attached hydrogen (secondary N) is 2. The summed E-state index contributed by atoms with van der Waals surface area (Å²) >= 11 is 1.48. The van der Waals surface area contributed by atoms with Gasteiger partial charge >= 0.3 is 0 Å². The lowest BCUT2D eigenvalue weighted by atomic mass is 10.0. The highest BCUT2D eigenvalue weighted by Crippen LogP contribution is 2.45. The molecule has 4 atom stereocenters. The zero-order valence-corrected chi connectivity index (χ0v) is 21.0. The number of halogens is 2. The molecule has 0 spiro atoms. The lowest BCUT2D eigenvalue weighted by molar-refractivity contribution is -0.0763. The van der Waals surface area contributed by atoms with Crippen LogP contribution in [0.3, 0.4) is 0 Å². The summed E-state index contributed by atoms with van der Waals surface area (Å²) in [6.07, 6.45) is 1.93. The van der Waals surface area contributed by atoms with E-state index in [4.69, 9.17) is 4.98 Å². The van der Waals surface area contributed by atoms with Crippen molar-refractivity contribution in [3.63, 3.8) is 0 Å². The summed E-state index contributed by atoms with van der Waals surface area (Å²) in [5.41, 5.74) is 1.13. The van der Waals surface area contributed by atoms with Gasteiger partial charge in [-0.1, -0.05) is 0 Å². The number of nitrogens with zero attached hydrogens (tertiary/aromatic N) is 4. The third-order valence-corrected chi connectivity index (χ3v) is 8.74. The number of hydrogen-bond donors (Lipinski definition) is 4. The molecule has 36 heavy (non-hydrogen) atoms. The highest BCUT2D eigenvalue weighted by Gasteiger charge is 2.50. The van der Waals surface area contributed by atoms with Gasteiger partial charge in [-0.15, -0.1) is 11.3 Å². The van der Waals surface area contributed by atoms with Crippen molar-refractivity contribution >= 4 is 33.3 Å². The van der Waals surface area contributed by atoms with Crippen LogP contribution in [0.5, 0.6) is 0 Å². The minimum absolute atomic E-state index is 0.00308. The number of pyridine rings is 1. The summed E-state index contributed by atoms with van der Waals surface area (Å²) in [5, 5.41) is 28.8. The van der Waals surface area contributed by atoms with Gasteiger partial charge in [0.25, 0.3) is 0 Å². The number of rotatable bonds is 8. The van der Waals surface area contributed by atoms with Crippen LogP contribution in [-0.2, 0) is 0 Å². The molecule has 3 fully saturated rings. The van der Waals surface area contributed by atoms with Crippen molar-refractivity contribution in [1.82, 2.24) is 19.9 Å². The van der Waals surface area contributed by atoms with Crippen molar-refractivity contribution in [3.8, 4) is 10.6 Å². The number of aliphatic hydroxyl groups excluding tert-OH is 1. The molecule has 3 saturated carbocycles. The van der Waals surface area contributed by atoms with E-state index < -0.39 is 24.2 Å². The highest BCUT2D eigenvalue weighted by atomic mass is 32.1. The quantitative estimate of drug-likeness (QED) is 0.319. The average Bonchev–Trinajstić information content (AvgIpc) is 3.74. The lowest BCUT2D eigenvalue weighted by Gasteiger charge is -2.31. The van der Waals surface area contributed by atoms with E-state index >= 15 is 0 Å². The van der Waals surface area contributed by atoms with Crippen molar-refractivity contribution in [3.05, 3.63) is 23.7 Å². The Morgan fingerprint density at radius 2 is 1.92 bits per heavy atom. The van der Waals surface area contributed by atoms with Crippen molar-refractivity contribution in [1.29, 1.82) is 0 Å². The maximum absolute atomic E-state index is 13.4. The highest BCUT2D eigenvalue weighted by molar-refractivity contribution is 7.21. The fourth-order valence-electron chi connectivity index (χ4n) is 5.19. The SMILES string of the molecule is Cc1nc(N[C@H](C)C2CC2)nc(N[C@@]2(O)CC[C@H](C(F)F)[C@H]2O)c1-c1nc2c(C3CC3)nccc2s1. The molecule has 0 aliphatic heterocycles. The fourth-order valence-corrected chi connectivity index (χ4v) is 6.26. The molecule has 0 aromatic carbocycles. The van der Waals surface area contributed by atoms with Crippen LogP contribution < -0.4 is 10.6 Å². The monoisotopic (exact) mass is 516 g/mol. The van der Waals surface area contributed by atoms with E-state index in [0.29, 0.717) is 34.0 Å². The topological polar surface area (TPSA) is 116 Å². The molecule has 4 N–H and O–H groups in total. The second-order valence-electron chi connectivity index (χ2n) is 10.5. The maximum Gasteiger partial charge on any atom is 0.244 e. The predicted molar refractivity (Wildman–Crippen MR) is 134 cm³/mol. The third kappa shape index (κ3) is 4.31. The molecular weight excluding hydrogens is 486 g/mol. The number of fused-ring (bicyclic) bond motifs is 1. The Bertz CT molecular complexity index is 1300. The molecule has 192 valence electrons. The second kappa shape index (κ2) is 8.81. The minimum Gasteiger partial charge on any atom is -0.388 e. The summed E-state index contributed by atoms with van der Waals surface area (Å²) < 4.78 is 27.9. The van der Waals surface area contributed by atoms with Crippen LogP contribution >= 0.6 is 11.3 Å². The largest absolute Gasteiger partial charge is 0.388 e. The van der Waals surface area contributed by atoms with E-state index in [1.807, 2.05) is 13.0 Å². The van der Waals surface area contributed by atoms with Crippen molar-refractivity contribution in [2.24, 2.45) is 11.8 Å². The smallest absolute Gasteiger partial charge is 0.244 e. The van der Waals surface area contributed by atoms with E-state index in [9.17, 15) is 19.0 Å². The van der Waals surface area contributed by atoms with Crippen molar-refractivity contribution in [2.75, 3.05) is 10.6 Å². The summed E-state index contributed by atoms with van der Waals surface area (Å²) in [6.45, 7) is 3.93. The molecule has 6 rings (SSSR count). The summed E-state index contributed by atoms with van der Waals surface area (Å²) in [5.74, 6) is 0.339. The van der Waals surface area contributed by atoms with Gasteiger partial charge in [0.2, 0.25) is 12.4 Å². The number of thiazole rings is 1. The van der Waals surface area contributed by atoms with Crippen LogP contribution in [0.4, 0.5) is 20.5 Å². The maximum atomic E-state index is 13.4. The van der Waals surface area contributed by atoms with Crippen LogP contribution in [-0.4, -0.2) is 54.4 Å². The van der Waals surface area contributed by atoms with Gasteiger partial charge < -0.3 is 20.8 Å². The first-order chi connectivity index (χ1) is 17.2. The zero-order valence-electron chi connectivity index (χ0n) is 20.2. The average molecular weight is 517 g/mol. The van der Waals surface area contributed by atoms with Crippen molar-refractivity contribution < 1.29 is 19.0 Å². The Kier molecular flexibility index (Phi) is 5.84. The van der Waals surface area contributed by atoms with Crippen LogP contribution in [0.25, 0.3) is 20.8 Å². The van der Waals surface area contributed by atoms with Crippen LogP contribution in [0.1, 0.15) is 62.8 Å². The molecule has 3 heterocycles.